The molecule has 0 aliphatic carbocycles. The van der Waals surface area contributed by atoms with Crippen molar-refractivity contribution >= 4 is 38.9 Å². The van der Waals surface area contributed by atoms with E-state index in [0.717, 1.165) is 6.20 Å². The fraction of sp³-hybridized carbons (Fsp3) is 0.333. The van der Waals surface area contributed by atoms with Gasteiger partial charge in [0.15, 0.2) is 9.84 Å². The number of pyridine rings is 1. The van der Waals surface area contributed by atoms with Gasteiger partial charge < -0.3 is 4.90 Å². The molecular formula is C21H21F5N6O3S. The molecule has 3 aromatic heterocycles. The molecule has 0 spiro atoms. The second kappa shape index (κ2) is 10.2. The number of rotatable bonds is 5. The summed E-state index contributed by atoms with van der Waals surface area (Å²) in [5.41, 5.74) is 0.0829. The number of alkyl halides is 3. The summed E-state index contributed by atoms with van der Waals surface area (Å²) in [6.07, 6.45) is 0.771. The summed E-state index contributed by atoms with van der Waals surface area (Å²) < 4.78 is 78.6. The van der Waals surface area contributed by atoms with Crippen LogP contribution in [-0.4, -0.2) is 74.3 Å². The van der Waals surface area contributed by atoms with Crippen molar-refractivity contribution in [1.29, 1.82) is 0 Å². The van der Waals surface area contributed by atoms with E-state index in [1.165, 1.54) is 34.0 Å². The smallest absolute Gasteiger partial charge is 0.336 e. The van der Waals surface area contributed by atoms with Gasteiger partial charge in [-0.3, -0.25) is 23.7 Å². The van der Waals surface area contributed by atoms with E-state index in [4.69, 9.17) is 0 Å². The van der Waals surface area contributed by atoms with Crippen molar-refractivity contribution in [2.75, 3.05) is 24.6 Å². The van der Waals surface area contributed by atoms with Crippen molar-refractivity contribution in [3.63, 3.8) is 0 Å². The molecule has 194 valence electrons. The number of aromatic nitrogens is 5. The van der Waals surface area contributed by atoms with E-state index >= 15 is 0 Å². The number of halogens is 5. The predicted octanol–water partition coefficient (Wildman–Crippen LogP) is 3.31. The SMILES string of the molecule is C=Cc1ncc(-c2nn(CC(F)(F)F)c3cc(C(=O)N4CCCS(=O)(=O)CC4)ncc23)n1/C=C/F.F. The zero-order valence-electron chi connectivity index (χ0n) is 18.7. The molecule has 4 heterocycles. The van der Waals surface area contributed by atoms with Crippen LogP contribution in [0.5, 0.6) is 0 Å². The molecule has 0 N–H and O–H groups in total. The lowest BCUT2D eigenvalue weighted by molar-refractivity contribution is -0.141. The van der Waals surface area contributed by atoms with E-state index in [9.17, 15) is 30.8 Å². The van der Waals surface area contributed by atoms with E-state index in [0.29, 0.717) is 4.68 Å². The van der Waals surface area contributed by atoms with Gasteiger partial charge in [-0.15, -0.1) is 0 Å². The number of sulfone groups is 1. The number of imidazole rings is 1. The number of amides is 1. The van der Waals surface area contributed by atoms with Gasteiger partial charge in [0.1, 0.15) is 30.1 Å². The lowest BCUT2D eigenvalue weighted by Gasteiger charge is -2.19. The molecule has 1 aliphatic rings. The largest absolute Gasteiger partial charge is 0.408 e. The molecule has 1 fully saturated rings. The number of nitrogens with zero attached hydrogens (tertiary/aromatic N) is 6. The lowest BCUT2D eigenvalue weighted by Crippen LogP contribution is -2.34. The molecule has 0 aromatic carbocycles. The summed E-state index contributed by atoms with van der Waals surface area (Å²) in [7, 11) is -3.27. The number of hydrogen-bond acceptors (Lipinski definition) is 6. The first-order valence-corrected chi connectivity index (χ1v) is 12.2. The molecule has 0 saturated carbocycles. The van der Waals surface area contributed by atoms with Gasteiger partial charge in [0, 0.05) is 30.9 Å². The first-order valence-electron chi connectivity index (χ1n) is 10.4. The average molecular weight is 532 g/mol. The molecular weight excluding hydrogens is 511 g/mol. The van der Waals surface area contributed by atoms with E-state index in [1.54, 1.807) is 0 Å². The Balaban J connectivity index is 0.00000361. The minimum Gasteiger partial charge on any atom is -0.336 e. The van der Waals surface area contributed by atoms with Crippen LogP contribution in [0.3, 0.4) is 0 Å². The van der Waals surface area contributed by atoms with Crippen molar-refractivity contribution in [3.05, 3.63) is 42.9 Å². The van der Waals surface area contributed by atoms with Crippen LogP contribution in [0.15, 0.2) is 31.4 Å². The summed E-state index contributed by atoms with van der Waals surface area (Å²) in [5.74, 6) is -0.596. The minimum absolute atomic E-state index is 0. The Morgan fingerprint density at radius 1 is 1.17 bits per heavy atom. The molecule has 0 bridgehead atoms. The van der Waals surface area contributed by atoms with Crippen molar-refractivity contribution in [2.45, 2.75) is 19.1 Å². The Kier molecular flexibility index (Phi) is 7.62. The van der Waals surface area contributed by atoms with Gasteiger partial charge in [0.05, 0.1) is 28.9 Å². The van der Waals surface area contributed by atoms with Gasteiger partial charge >= 0.3 is 6.18 Å². The standard InChI is InChI=1S/C21H20F4N6O3S.FH/c1-2-18-27-12-17(30(18)6-4-22)19-14-11-26-15(10-16(14)31(28-19)13-21(23,24)25)20(32)29-5-3-8-35(33,34)9-7-29;/h2,4,6,10-12H,1,3,5,7-9,13H2;1H/b6-4+;. The summed E-state index contributed by atoms with van der Waals surface area (Å²) in [6.45, 7) is 2.29. The van der Waals surface area contributed by atoms with Crippen molar-refractivity contribution in [2.24, 2.45) is 0 Å². The second-order valence-electron chi connectivity index (χ2n) is 7.86. The molecule has 0 radical (unpaired) electrons. The third-order valence-corrected chi connectivity index (χ3v) is 7.20. The number of fused-ring (bicyclic) bond motifs is 1. The number of carbonyl (C=O) groups excluding carboxylic acids is 1. The molecule has 3 aromatic rings. The highest BCUT2D eigenvalue weighted by atomic mass is 32.2. The highest BCUT2D eigenvalue weighted by molar-refractivity contribution is 7.91. The molecule has 9 nitrogen and oxygen atoms in total. The normalized spacial score (nSPS) is 16.2. The fourth-order valence-corrected chi connectivity index (χ4v) is 5.16. The van der Waals surface area contributed by atoms with E-state index in [-0.39, 0.29) is 75.9 Å². The van der Waals surface area contributed by atoms with Crippen LogP contribution in [0, 0.1) is 0 Å². The quantitative estimate of drug-likeness (QED) is 0.468. The first-order chi connectivity index (χ1) is 16.5. The van der Waals surface area contributed by atoms with Gasteiger partial charge in [-0.05, 0) is 18.6 Å². The van der Waals surface area contributed by atoms with Crippen LogP contribution in [0.1, 0.15) is 22.7 Å². The Hall–Kier alpha value is -3.62. The number of hydrogen-bond donors (Lipinski definition) is 0. The molecule has 1 amide bonds. The molecule has 1 saturated heterocycles. The summed E-state index contributed by atoms with van der Waals surface area (Å²) in [5, 5.41) is 4.27. The zero-order chi connectivity index (χ0) is 25.4. The lowest BCUT2D eigenvalue weighted by atomic mass is 10.2. The molecule has 0 atom stereocenters. The second-order valence-corrected chi connectivity index (χ2v) is 10.2. The highest BCUT2D eigenvalue weighted by Gasteiger charge is 2.31. The average Bonchev–Trinajstić information content (AvgIpc) is 3.28. The summed E-state index contributed by atoms with van der Waals surface area (Å²) in [6, 6.07) is 1.19. The van der Waals surface area contributed by atoms with E-state index in [1.807, 2.05) is 0 Å². The van der Waals surface area contributed by atoms with Gasteiger partial charge in [0.2, 0.25) is 0 Å². The fourth-order valence-electron chi connectivity index (χ4n) is 3.88. The maximum absolute atomic E-state index is 13.3. The Bertz CT molecular complexity index is 1430. The molecule has 0 unspecified atom stereocenters. The Morgan fingerprint density at radius 3 is 2.58 bits per heavy atom. The van der Waals surface area contributed by atoms with Crippen molar-refractivity contribution in [1.82, 2.24) is 29.2 Å². The molecule has 4 rings (SSSR count). The third-order valence-electron chi connectivity index (χ3n) is 5.48. The molecule has 1 aliphatic heterocycles. The van der Waals surface area contributed by atoms with Crippen LogP contribution in [0.25, 0.3) is 34.6 Å². The van der Waals surface area contributed by atoms with E-state index in [2.05, 4.69) is 21.6 Å². The van der Waals surface area contributed by atoms with E-state index < -0.39 is 28.5 Å². The first kappa shape index (κ1) is 27.0. The summed E-state index contributed by atoms with van der Waals surface area (Å²) >= 11 is 0. The van der Waals surface area contributed by atoms with Gasteiger partial charge in [0.25, 0.3) is 5.91 Å². The number of carbonyl (C=O) groups is 1. The monoisotopic (exact) mass is 532 g/mol. The van der Waals surface area contributed by atoms with Crippen LogP contribution in [0.2, 0.25) is 0 Å². The maximum Gasteiger partial charge on any atom is 0.408 e. The Morgan fingerprint density at radius 2 is 1.92 bits per heavy atom. The van der Waals surface area contributed by atoms with Crippen LogP contribution < -0.4 is 0 Å². The molecule has 36 heavy (non-hydrogen) atoms. The van der Waals surface area contributed by atoms with Gasteiger partial charge in [-0.25, -0.2) is 17.8 Å². The summed E-state index contributed by atoms with van der Waals surface area (Å²) in [4.78, 5) is 22.5. The highest BCUT2D eigenvalue weighted by Crippen LogP contribution is 2.31. The van der Waals surface area contributed by atoms with Crippen LogP contribution in [0.4, 0.5) is 22.3 Å². The predicted molar refractivity (Wildman–Crippen MR) is 123 cm³/mol. The van der Waals surface area contributed by atoms with Crippen LogP contribution in [-0.2, 0) is 16.4 Å². The minimum atomic E-state index is -4.62. The van der Waals surface area contributed by atoms with Crippen molar-refractivity contribution in [3.8, 4) is 11.4 Å². The van der Waals surface area contributed by atoms with Gasteiger partial charge in [-0.1, -0.05) is 6.58 Å². The molecule has 15 heteroatoms. The zero-order valence-corrected chi connectivity index (χ0v) is 19.5. The topological polar surface area (TPSA) is 103 Å². The maximum atomic E-state index is 13.3. The van der Waals surface area contributed by atoms with Crippen molar-refractivity contribution < 1.29 is 35.5 Å². The Labute approximate surface area is 202 Å². The van der Waals surface area contributed by atoms with Gasteiger partial charge in [-0.2, -0.15) is 18.3 Å². The third kappa shape index (κ3) is 5.45. The van der Waals surface area contributed by atoms with Crippen LogP contribution >= 0.6 is 0 Å².